The van der Waals surface area contributed by atoms with E-state index in [0.717, 1.165) is 36.0 Å². The highest BCUT2D eigenvalue weighted by molar-refractivity contribution is 5.69. The highest BCUT2D eigenvalue weighted by Gasteiger charge is 2.42. The molecule has 0 aromatic heterocycles. The Labute approximate surface area is 236 Å². The summed E-state index contributed by atoms with van der Waals surface area (Å²) in [5.74, 6) is -0.465. The number of allylic oxidation sites excluding steroid dienone is 2. The number of carbonyl (C=O) groups is 1. The van der Waals surface area contributed by atoms with Crippen molar-refractivity contribution in [3.8, 4) is 11.1 Å². The monoisotopic (exact) mass is 546 g/mol. The van der Waals surface area contributed by atoms with Crippen molar-refractivity contribution in [3.63, 3.8) is 0 Å². The normalized spacial score (nSPS) is 20.7. The smallest absolute Gasteiger partial charge is 0.305 e. The molecule has 0 unspecified atom stereocenters. The number of hydrogen-bond donors (Lipinski definition) is 1. The third kappa shape index (κ3) is 8.85. The third-order valence-electron chi connectivity index (χ3n) is 7.57. The fourth-order valence-corrected chi connectivity index (χ4v) is 5.26. The van der Waals surface area contributed by atoms with Crippen LogP contribution in [0.2, 0.25) is 0 Å². The second kappa shape index (κ2) is 15.5. The fraction of sp³-hybridized carbons (Fsp3) is 0.382. The lowest BCUT2D eigenvalue weighted by Gasteiger charge is -2.25. The van der Waals surface area contributed by atoms with E-state index < -0.39 is 6.10 Å². The summed E-state index contributed by atoms with van der Waals surface area (Å²) < 4.78 is 30.3. The first-order valence-corrected chi connectivity index (χ1v) is 14.0. The van der Waals surface area contributed by atoms with Gasteiger partial charge in [-0.1, -0.05) is 78.9 Å². The molecular weight excluding hydrogens is 507 g/mol. The quantitative estimate of drug-likeness (QED) is 0.136. The van der Waals surface area contributed by atoms with Crippen LogP contribution in [0, 0.1) is 17.7 Å². The van der Waals surface area contributed by atoms with Crippen molar-refractivity contribution in [2.75, 3.05) is 13.7 Å². The Balaban J connectivity index is 1.35. The zero-order valence-electron chi connectivity index (χ0n) is 23.1. The Morgan fingerprint density at radius 2 is 1.57 bits per heavy atom. The molecule has 3 aromatic rings. The molecule has 1 saturated carbocycles. The summed E-state index contributed by atoms with van der Waals surface area (Å²) in [5, 5.41) is 11.0. The van der Waals surface area contributed by atoms with Gasteiger partial charge in [-0.25, -0.2) is 4.39 Å². The molecule has 0 saturated heterocycles. The Morgan fingerprint density at radius 3 is 2.30 bits per heavy atom. The van der Waals surface area contributed by atoms with Gasteiger partial charge in [0.2, 0.25) is 0 Å². The third-order valence-corrected chi connectivity index (χ3v) is 7.57. The van der Waals surface area contributed by atoms with Gasteiger partial charge in [0.15, 0.2) is 0 Å². The number of aliphatic hydroxyl groups is 1. The van der Waals surface area contributed by atoms with Gasteiger partial charge in [-0.2, -0.15) is 0 Å². The largest absolute Gasteiger partial charge is 0.469 e. The number of methoxy groups -OCH3 is 1. The highest BCUT2D eigenvalue weighted by atomic mass is 19.1. The first kappa shape index (κ1) is 29.7. The van der Waals surface area contributed by atoms with Crippen molar-refractivity contribution >= 4 is 5.97 Å². The van der Waals surface area contributed by atoms with Gasteiger partial charge in [-0.05, 0) is 59.6 Å². The van der Waals surface area contributed by atoms with Crippen molar-refractivity contribution in [1.29, 1.82) is 0 Å². The van der Waals surface area contributed by atoms with Gasteiger partial charge < -0.3 is 19.3 Å². The molecule has 0 amide bonds. The van der Waals surface area contributed by atoms with Crippen molar-refractivity contribution in [2.24, 2.45) is 11.8 Å². The van der Waals surface area contributed by atoms with Gasteiger partial charge in [0.05, 0.1) is 39.1 Å². The number of carbonyl (C=O) groups excluding carboxylic acids is 1. The van der Waals surface area contributed by atoms with Crippen LogP contribution in [0.1, 0.15) is 43.2 Å². The maximum Gasteiger partial charge on any atom is 0.305 e. The molecule has 3 aromatic carbocycles. The zero-order valence-corrected chi connectivity index (χ0v) is 23.1. The second-order valence-corrected chi connectivity index (χ2v) is 10.4. The van der Waals surface area contributed by atoms with Crippen molar-refractivity contribution < 1.29 is 28.5 Å². The molecule has 1 N–H and O–H groups in total. The summed E-state index contributed by atoms with van der Waals surface area (Å²) in [4.78, 5) is 11.4. The van der Waals surface area contributed by atoms with Crippen molar-refractivity contribution in [3.05, 3.63) is 108 Å². The summed E-state index contributed by atoms with van der Waals surface area (Å²) in [6.45, 7) is 1.22. The number of ether oxygens (including phenoxy) is 3. The molecule has 5 nitrogen and oxygen atoms in total. The second-order valence-electron chi connectivity index (χ2n) is 10.4. The fourth-order valence-electron chi connectivity index (χ4n) is 5.26. The summed E-state index contributed by atoms with van der Waals surface area (Å²) in [6, 6.07) is 24.9. The standard InChI is InChI=1S/C34H39FO5/c1-38-34(37)12-8-3-2-7-11-30-31(24-39-22-25-15-19-29(35)20-16-25)32(36)21-33(30)40-23-26-13-17-28(18-14-26)27-9-5-4-6-10-27/h2,4-7,9-10,13-20,30-33,36H,3,8,11-12,21-24H2,1H3/b7-2-/t30-,31-,32-,33-/m1/s1. The molecule has 1 aliphatic carbocycles. The number of aliphatic hydroxyl groups excluding tert-OH is 1. The van der Waals surface area contributed by atoms with Crippen LogP contribution in [0.5, 0.6) is 0 Å². The first-order chi connectivity index (χ1) is 19.5. The lowest BCUT2D eigenvalue weighted by molar-refractivity contribution is -0.140. The molecule has 0 spiro atoms. The molecule has 1 fully saturated rings. The van der Waals surface area contributed by atoms with E-state index in [1.165, 1.54) is 24.8 Å². The van der Waals surface area contributed by atoms with Gasteiger partial charge in [0, 0.05) is 18.8 Å². The predicted octanol–water partition coefficient (Wildman–Crippen LogP) is 6.88. The van der Waals surface area contributed by atoms with Gasteiger partial charge in [-0.15, -0.1) is 0 Å². The van der Waals surface area contributed by atoms with Gasteiger partial charge in [-0.3, -0.25) is 4.79 Å². The van der Waals surface area contributed by atoms with Crippen LogP contribution in [0.4, 0.5) is 4.39 Å². The van der Waals surface area contributed by atoms with E-state index in [1.54, 1.807) is 12.1 Å². The van der Waals surface area contributed by atoms with Gasteiger partial charge in [0.1, 0.15) is 5.82 Å². The van der Waals surface area contributed by atoms with E-state index in [1.807, 2.05) is 18.2 Å². The summed E-state index contributed by atoms with van der Waals surface area (Å²) in [7, 11) is 1.40. The number of unbranched alkanes of at least 4 members (excludes halogenated alkanes) is 1. The molecule has 212 valence electrons. The molecule has 1 aliphatic rings. The van der Waals surface area contributed by atoms with Crippen LogP contribution in [-0.4, -0.2) is 37.0 Å². The van der Waals surface area contributed by atoms with Gasteiger partial charge >= 0.3 is 5.97 Å². The molecule has 4 atom stereocenters. The van der Waals surface area contributed by atoms with Crippen LogP contribution in [0.15, 0.2) is 91.0 Å². The van der Waals surface area contributed by atoms with E-state index in [4.69, 9.17) is 14.2 Å². The minimum atomic E-state index is -0.531. The number of hydrogen-bond acceptors (Lipinski definition) is 5. The lowest BCUT2D eigenvalue weighted by atomic mass is 9.91. The van der Waals surface area contributed by atoms with E-state index >= 15 is 0 Å². The minimum absolute atomic E-state index is 0.0781. The predicted molar refractivity (Wildman–Crippen MR) is 154 cm³/mol. The summed E-state index contributed by atoms with van der Waals surface area (Å²) >= 11 is 0. The summed E-state index contributed by atoms with van der Waals surface area (Å²) in [6.07, 6.45) is 6.79. The highest BCUT2D eigenvalue weighted by Crippen LogP contribution is 2.38. The molecule has 6 heteroatoms. The molecule has 0 heterocycles. The van der Waals surface area contributed by atoms with E-state index in [9.17, 15) is 14.3 Å². The topological polar surface area (TPSA) is 65.0 Å². The van der Waals surface area contributed by atoms with Crippen LogP contribution in [0.3, 0.4) is 0 Å². The van der Waals surface area contributed by atoms with Crippen LogP contribution in [-0.2, 0) is 32.2 Å². The van der Waals surface area contributed by atoms with E-state index in [-0.39, 0.29) is 29.7 Å². The molecule has 0 bridgehead atoms. The van der Waals surface area contributed by atoms with Crippen LogP contribution in [0.25, 0.3) is 11.1 Å². The molecular formula is C34H39FO5. The molecule has 0 aliphatic heterocycles. The Bertz CT molecular complexity index is 1190. The molecule has 40 heavy (non-hydrogen) atoms. The van der Waals surface area contributed by atoms with Gasteiger partial charge in [0.25, 0.3) is 0 Å². The SMILES string of the molecule is COC(=O)CCC/C=C\C[C@@H]1[C@@H](COCc2ccc(F)cc2)[C@H](O)C[C@H]1OCc1ccc(-c2ccccc2)cc1. The maximum absolute atomic E-state index is 13.2. The molecule has 4 rings (SSSR count). The number of halogens is 1. The average molecular weight is 547 g/mol. The van der Waals surface area contributed by atoms with Crippen LogP contribution < -0.4 is 0 Å². The maximum atomic E-state index is 13.2. The minimum Gasteiger partial charge on any atom is -0.469 e. The Hall–Kier alpha value is -3.32. The van der Waals surface area contributed by atoms with Crippen molar-refractivity contribution in [2.45, 2.75) is 57.5 Å². The Kier molecular flexibility index (Phi) is 11.5. The number of rotatable bonds is 14. The average Bonchev–Trinajstić information content (AvgIpc) is 3.28. The van der Waals surface area contributed by atoms with Crippen molar-refractivity contribution in [1.82, 2.24) is 0 Å². The lowest BCUT2D eigenvalue weighted by Crippen LogP contribution is -2.27. The van der Waals surface area contributed by atoms with Crippen LogP contribution >= 0.6 is 0 Å². The zero-order chi connectivity index (χ0) is 28.2. The Morgan fingerprint density at radius 1 is 0.900 bits per heavy atom. The summed E-state index contributed by atoms with van der Waals surface area (Å²) in [5.41, 5.74) is 4.31. The first-order valence-electron chi connectivity index (χ1n) is 14.0. The molecule has 0 radical (unpaired) electrons. The van der Waals surface area contributed by atoms with E-state index in [2.05, 4.69) is 48.6 Å². The number of benzene rings is 3. The number of esters is 1. The van der Waals surface area contributed by atoms with E-state index in [0.29, 0.717) is 32.7 Å².